The number of aliphatic hydroxyl groups is 2. The van der Waals surface area contributed by atoms with Crippen LogP contribution in [0.2, 0.25) is 0 Å². The smallest absolute Gasteiger partial charge is 0.304 e. The van der Waals surface area contributed by atoms with Crippen LogP contribution in [0, 0.1) is 35.5 Å². The topological polar surface area (TPSA) is 334 Å². The van der Waals surface area contributed by atoms with Crippen LogP contribution in [0.1, 0.15) is 190 Å². The summed E-state index contributed by atoms with van der Waals surface area (Å²) >= 11 is 0. The average molecular weight is 1040 g/mol. The molecule has 0 aliphatic rings. The number of nitrogens with two attached hydrogens (primary N) is 1. The number of rotatable bonds is 44. The number of carboxylic acids is 2. The summed E-state index contributed by atoms with van der Waals surface area (Å²) in [5.74, 6) is -15.4. The van der Waals surface area contributed by atoms with E-state index in [1.807, 2.05) is 6.92 Å². The first-order chi connectivity index (χ1) is 34.3. The van der Waals surface area contributed by atoms with Crippen LogP contribution in [0.4, 0.5) is 0 Å². The number of likely N-dealkylation sites (N-methyl/N-ethyl adjacent to an activating group) is 1. The van der Waals surface area contributed by atoms with Crippen molar-refractivity contribution in [3.8, 4) is 0 Å². The molecule has 20 nitrogen and oxygen atoms in total. The summed E-state index contributed by atoms with van der Waals surface area (Å²) in [6, 6.07) is -4.62. The quantitative estimate of drug-likeness (QED) is 0.0387. The number of primary amides is 1. The molecule has 20 heteroatoms. The molecule has 0 spiro atoms. The van der Waals surface area contributed by atoms with E-state index in [1.54, 1.807) is 27.7 Å². The molecule has 0 bridgehead atoms. The van der Waals surface area contributed by atoms with Crippen molar-refractivity contribution in [3.05, 3.63) is 0 Å². The number of carbonyl (C=O) groups is 11. The van der Waals surface area contributed by atoms with Gasteiger partial charge in [0.05, 0.1) is 73.9 Å². The summed E-state index contributed by atoms with van der Waals surface area (Å²) in [6.07, 6.45) is 7.30. The van der Waals surface area contributed by atoms with Gasteiger partial charge in [-0.05, 0) is 37.5 Å². The third kappa shape index (κ3) is 28.8. The van der Waals surface area contributed by atoms with Crippen LogP contribution in [0.5, 0.6) is 0 Å². The zero-order chi connectivity index (χ0) is 55.8. The first-order valence-corrected chi connectivity index (χ1v) is 26.5. The third-order valence-corrected chi connectivity index (χ3v) is 13.0. The van der Waals surface area contributed by atoms with Gasteiger partial charge in [-0.2, -0.15) is 0 Å². The van der Waals surface area contributed by atoms with Crippen LogP contribution in [0.25, 0.3) is 0 Å². The standard InChI is InChI=1S/C53H91N5O15/c1-9-11-13-15-17-19-21-40(55-35(7)61)45(63)27-38(31-59)52(72)57-42(23-33(3)4)46(64)28-39(32-60)53(73)58(8)43(24-34(5)6)47(65)26-37(30-49(68)69)51(71)56-41(22-20-18-16-14-12-10-2)44(62)25-36(50(54)70)29-48(66)67/h33-34,36-43,59-60H,9-32H2,1-8H3,(H2,54,70)(H,55,61)(H,56,71)(H,57,72)(H,66,67)(H,68,69)/t36-,37-,38-,39-,40-,41-,42-,43-/m0/s1. The lowest BCUT2D eigenvalue weighted by Gasteiger charge is -2.32. The maximum absolute atomic E-state index is 14.2. The summed E-state index contributed by atoms with van der Waals surface area (Å²) in [5, 5.41) is 47.7. The molecule has 0 aromatic rings. The maximum Gasteiger partial charge on any atom is 0.304 e. The largest absolute Gasteiger partial charge is 0.481 e. The van der Waals surface area contributed by atoms with Crippen LogP contribution in [0.15, 0.2) is 0 Å². The van der Waals surface area contributed by atoms with E-state index in [-0.39, 0.29) is 31.1 Å². The number of nitrogens with one attached hydrogen (secondary N) is 3. The average Bonchev–Trinajstić information content (AvgIpc) is 3.30. The van der Waals surface area contributed by atoms with E-state index in [4.69, 9.17) is 5.73 Å². The summed E-state index contributed by atoms with van der Waals surface area (Å²) in [5.41, 5.74) is 5.39. The molecule has 8 atom stereocenters. The molecule has 0 heterocycles. The van der Waals surface area contributed by atoms with E-state index in [0.29, 0.717) is 25.7 Å². The summed E-state index contributed by atoms with van der Waals surface area (Å²) in [7, 11) is 1.28. The number of carboxylic acid groups (broad SMARTS) is 2. The molecule has 0 aliphatic heterocycles. The van der Waals surface area contributed by atoms with E-state index < -0.39 is 164 Å². The second kappa shape index (κ2) is 37.6. The number of amides is 5. The van der Waals surface area contributed by atoms with Crippen LogP contribution in [-0.4, -0.2) is 134 Å². The highest BCUT2D eigenvalue weighted by Gasteiger charge is 2.38. The molecule has 5 amide bonds. The molecule has 0 aromatic carbocycles. The van der Waals surface area contributed by atoms with E-state index in [9.17, 15) is 73.2 Å². The Morgan fingerprint density at radius 2 is 0.863 bits per heavy atom. The van der Waals surface area contributed by atoms with E-state index in [1.165, 1.54) is 14.0 Å². The number of Topliss-reactive ketones (excluding diaryl/α,β-unsaturated/α-hetero) is 4. The van der Waals surface area contributed by atoms with Crippen molar-refractivity contribution in [2.45, 2.75) is 214 Å². The number of aliphatic hydroxyl groups excluding tert-OH is 2. The first-order valence-electron chi connectivity index (χ1n) is 26.5. The Balaban J connectivity index is 6.45. The van der Waals surface area contributed by atoms with Gasteiger partial charge < -0.3 is 47.0 Å². The Morgan fingerprint density at radius 1 is 0.479 bits per heavy atom. The Labute approximate surface area is 432 Å². The summed E-state index contributed by atoms with van der Waals surface area (Å²) in [6.45, 7) is 10.9. The molecular weight excluding hydrogens is 947 g/mol. The molecule has 418 valence electrons. The fraction of sp³-hybridized carbons (Fsp3) is 0.792. The maximum atomic E-state index is 14.2. The van der Waals surface area contributed by atoms with Crippen molar-refractivity contribution in [1.82, 2.24) is 20.9 Å². The number of nitrogens with zero attached hydrogens (tertiary/aromatic N) is 1. The lowest BCUT2D eigenvalue weighted by molar-refractivity contribution is -0.146. The third-order valence-electron chi connectivity index (χ3n) is 13.0. The molecule has 0 rings (SSSR count). The van der Waals surface area contributed by atoms with Crippen LogP contribution in [0.3, 0.4) is 0 Å². The summed E-state index contributed by atoms with van der Waals surface area (Å²) in [4.78, 5) is 145. The van der Waals surface area contributed by atoms with Crippen molar-refractivity contribution in [1.29, 1.82) is 0 Å². The minimum absolute atomic E-state index is 0.0286. The van der Waals surface area contributed by atoms with Gasteiger partial charge in [-0.3, -0.25) is 52.7 Å². The lowest BCUT2D eigenvalue weighted by Crippen LogP contribution is -2.50. The monoisotopic (exact) mass is 1040 g/mol. The van der Waals surface area contributed by atoms with Gasteiger partial charge in [0.1, 0.15) is 0 Å². The molecule has 0 saturated carbocycles. The molecule has 73 heavy (non-hydrogen) atoms. The zero-order valence-electron chi connectivity index (χ0n) is 45.0. The van der Waals surface area contributed by atoms with Crippen molar-refractivity contribution < 1.29 is 73.2 Å². The molecule has 0 fully saturated rings. The SMILES string of the molecule is CCCCCCCC[C@H](NC(C)=O)C(=O)C[C@@H](CO)C(=O)N[C@@H](CC(C)C)C(=O)C[C@@H](CO)C(=O)N(C)[C@@H](CC(C)C)C(=O)C[C@@H](CC(=O)O)C(=O)N[C@@H](CCCCCCCC)C(=O)C[C@@H](CC(=O)O)C(N)=O. The number of hydrogen-bond donors (Lipinski definition) is 8. The van der Waals surface area contributed by atoms with Gasteiger partial charge in [0, 0.05) is 39.7 Å². The van der Waals surface area contributed by atoms with Gasteiger partial charge in [0.2, 0.25) is 29.5 Å². The fourth-order valence-electron chi connectivity index (χ4n) is 8.80. The number of ketones is 4. The summed E-state index contributed by atoms with van der Waals surface area (Å²) < 4.78 is 0. The molecule has 0 saturated heterocycles. The normalized spacial score (nSPS) is 14.7. The lowest BCUT2D eigenvalue weighted by atomic mass is 9.88. The number of hydrogen-bond acceptors (Lipinski definition) is 13. The molecule has 0 radical (unpaired) electrons. The van der Waals surface area contributed by atoms with Crippen molar-refractivity contribution in [2.24, 2.45) is 41.2 Å². The van der Waals surface area contributed by atoms with E-state index in [0.717, 1.165) is 62.7 Å². The molecule has 0 unspecified atom stereocenters. The minimum Gasteiger partial charge on any atom is -0.481 e. The van der Waals surface area contributed by atoms with Gasteiger partial charge in [0.25, 0.3) is 0 Å². The fourth-order valence-corrected chi connectivity index (χ4v) is 8.80. The predicted octanol–water partition coefficient (Wildman–Crippen LogP) is 4.60. The van der Waals surface area contributed by atoms with Gasteiger partial charge in [-0.25, -0.2) is 0 Å². The molecule has 0 aromatic heterocycles. The second-order valence-electron chi connectivity index (χ2n) is 20.6. The Morgan fingerprint density at radius 3 is 1.30 bits per heavy atom. The molecule has 9 N–H and O–H groups in total. The van der Waals surface area contributed by atoms with Crippen LogP contribution in [-0.2, 0) is 52.7 Å². The van der Waals surface area contributed by atoms with Gasteiger partial charge in [-0.1, -0.05) is 119 Å². The molecule has 0 aliphatic carbocycles. The van der Waals surface area contributed by atoms with Gasteiger partial charge in [-0.15, -0.1) is 0 Å². The number of aliphatic carboxylic acids is 2. The van der Waals surface area contributed by atoms with Gasteiger partial charge >= 0.3 is 11.9 Å². The minimum atomic E-state index is -1.54. The molecular formula is C53H91N5O15. The number of carbonyl (C=O) groups excluding carboxylic acids is 9. The highest BCUT2D eigenvalue weighted by atomic mass is 16.4. The second-order valence-corrected chi connectivity index (χ2v) is 20.6. The zero-order valence-corrected chi connectivity index (χ0v) is 45.0. The number of unbranched alkanes of at least 4 members (excludes halogenated alkanes) is 10. The Hall–Kier alpha value is -5.11. The van der Waals surface area contributed by atoms with Crippen molar-refractivity contribution in [2.75, 3.05) is 20.3 Å². The van der Waals surface area contributed by atoms with Crippen LogP contribution < -0.4 is 21.7 Å². The Bertz CT molecular complexity index is 1790. The highest BCUT2D eigenvalue weighted by molar-refractivity contribution is 5.98. The first kappa shape index (κ1) is 67.9. The van der Waals surface area contributed by atoms with Crippen molar-refractivity contribution in [3.63, 3.8) is 0 Å². The van der Waals surface area contributed by atoms with Crippen LogP contribution >= 0.6 is 0 Å². The van der Waals surface area contributed by atoms with E-state index in [2.05, 4.69) is 22.9 Å². The Kier molecular flexibility index (Phi) is 35.0. The predicted molar refractivity (Wildman–Crippen MR) is 273 cm³/mol. The van der Waals surface area contributed by atoms with E-state index >= 15 is 0 Å². The van der Waals surface area contributed by atoms with Gasteiger partial charge in [0.15, 0.2) is 23.1 Å². The highest BCUT2D eigenvalue weighted by Crippen LogP contribution is 2.24. The van der Waals surface area contributed by atoms with Crippen molar-refractivity contribution >= 4 is 64.6 Å².